The van der Waals surface area contributed by atoms with Crippen LogP contribution in [-0.4, -0.2) is 146 Å². The Morgan fingerprint density at radius 3 is 1.42 bits per heavy atom. The number of nitrogens with one attached hydrogen (secondary N) is 2. The summed E-state index contributed by atoms with van der Waals surface area (Å²) in [4.78, 5) is 25.6. The fourth-order valence-corrected chi connectivity index (χ4v) is 7.60. The Labute approximate surface area is 307 Å². The van der Waals surface area contributed by atoms with Gasteiger partial charge in [-0.2, -0.15) is 0 Å². The van der Waals surface area contributed by atoms with E-state index < -0.39 is 84.6 Å². The molecule has 284 valence electrons. The lowest BCUT2D eigenvalue weighted by Gasteiger charge is -2.46. The van der Waals surface area contributed by atoms with Crippen LogP contribution in [-0.2, 0) is 22.3 Å². The molecular formula is C34H42N8O10S. The van der Waals surface area contributed by atoms with Crippen molar-refractivity contribution in [2.24, 2.45) is 0 Å². The van der Waals surface area contributed by atoms with E-state index in [0.29, 0.717) is 25.9 Å². The molecule has 53 heavy (non-hydrogen) atoms. The molecule has 2 aliphatic heterocycles. The molecule has 4 heterocycles. The van der Waals surface area contributed by atoms with Crippen molar-refractivity contribution in [1.82, 2.24) is 40.6 Å². The van der Waals surface area contributed by atoms with Gasteiger partial charge < -0.3 is 50.7 Å². The van der Waals surface area contributed by atoms with Crippen LogP contribution in [0.2, 0.25) is 0 Å². The number of carbonyl (C=O) groups excluding carboxylic acids is 2. The summed E-state index contributed by atoms with van der Waals surface area (Å²) in [5, 5.41) is 86.5. The van der Waals surface area contributed by atoms with Crippen LogP contribution in [0.15, 0.2) is 73.1 Å². The van der Waals surface area contributed by atoms with Crippen molar-refractivity contribution >= 4 is 23.6 Å². The van der Waals surface area contributed by atoms with E-state index >= 15 is 0 Å². The van der Waals surface area contributed by atoms with Gasteiger partial charge in [-0.15, -0.1) is 10.2 Å². The first kappa shape index (κ1) is 38.4. The number of benzene rings is 2. The highest BCUT2D eigenvalue weighted by Crippen LogP contribution is 2.41. The predicted molar refractivity (Wildman–Crippen MR) is 186 cm³/mol. The highest BCUT2D eigenvalue weighted by molar-refractivity contribution is 8.00. The van der Waals surface area contributed by atoms with Gasteiger partial charge >= 0.3 is 0 Å². The highest BCUT2D eigenvalue weighted by atomic mass is 32.2. The van der Waals surface area contributed by atoms with E-state index in [-0.39, 0.29) is 11.4 Å². The molecule has 4 aromatic rings. The first-order chi connectivity index (χ1) is 25.7. The number of ether oxygens (including phenoxy) is 2. The largest absolute Gasteiger partial charge is 0.394 e. The maximum absolute atomic E-state index is 12.8. The first-order valence-corrected chi connectivity index (χ1v) is 18.0. The van der Waals surface area contributed by atoms with Crippen molar-refractivity contribution in [3.63, 3.8) is 0 Å². The van der Waals surface area contributed by atoms with Crippen molar-refractivity contribution in [3.8, 4) is 0 Å². The van der Waals surface area contributed by atoms with Crippen LogP contribution in [0, 0.1) is 0 Å². The Bertz CT molecular complexity index is 1660. The van der Waals surface area contributed by atoms with Gasteiger partial charge in [0.2, 0.25) is 0 Å². The van der Waals surface area contributed by atoms with Gasteiger partial charge in [-0.25, -0.2) is 9.36 Å². The van der Waals surface area contributed by atoms with Crippen LogP contribution in [0.5, 0.6) is 0 Å². The molecule has 0 bridgehead atoms. The quantitative estimate of drug-likeness (QED) is 0.0707. The molecule has 2 aromatic carbocycles. The van der Waals surface area contributed by atoms with Crippen LogP contribution in [0.4, 0.5) is 0 Å². The average molecular weight is 755 g/mol. The minimum Gasteiger partial charge on any atom is -0.394 e. The fraction of sp³-hybridized carbons (Fsp3) is 0.471. The zero-order valence-corrected chi connectivity index (χ0v) is 29.2. The standard InChI is InChI=1S/C34H42N8O10S/c43-17-23-27(45)25(41-15-21(37-39-41)31(49)35-13-11-19-7-3-1-4-8-19)29(47)33(51-23)53-34-30(48)26(28(46)24(18-44)52-34)42-16-22(38-40-42)32(50)36-14-12-20-9-5-2-6-10-20/h1-10,15-16,23-30,33-34,43-48H,11-14,17-18H2,(H,35,49)(H,36,50)/t23-,24-,25+,26+,27+,28+,29-,30-,33+,34+/m1/s1. The molecule has 0 unspecified atom stereocenters. The summed E-state index contributed by atoms with van der Waals surface area (Å²) in [5.41, 5.74) is -0.622. The van der Waals surface area contributed by atoms with Crippen LogP contribution >= 0.6 is 11.8 Å². The smallest absolute Gasteiger partial charge is 0.273 e. The molecule has 0 aliphatic carbocycles. The van der Waals surface area contributed by atoms with E-state index in [1.165, 1.54) is 12.4 Å². The summed E-state index contributed by atoms with van der Waals surface area (Å²) >= 11 is 0.771. The predicted octanol–water partition coefficient (Wildman–Crippen LogP) is -1.79. The summed E-state index contributed by atoms with van der Waals surface area (Å²) in [7, 11) is 0. The fourth-order valence-electron chi connectivity index (χ4n) is 6.28. The van der Waals surface area contributed by atoms with Gasteiger partial charge in [-0.05, 0) is 24.0 Å². The molecule has 19 heteroatoms. The zero-order chi connectivity index (χ0) is 37.5. The van der Waals surface area contributed by atoms with Gasteiger partial charge in [0, 0.05) is 13.1 Å². The van der Waals surface area contributed by atoms with Crippen molar-refractivity contribution in [1.29, 1.82) is 0 Å². The third-order valence-electron chi connectivity index (χ3n) is 9.15. The van der Waals surface area contributed by atoms with Gasteiger partial charge in [0.1, 0.15) is 59.6 Å². The second-order valence-corrected chi connectivity index (χ2v) is 13.9. The molecule has 6 rings (SSSR count). The first-order valence-electron chi connectivity index (χ1n) is 17.1. The molecule has 10 atom stereocenters. The summed E-state index contributed by atoms with van der Waals surface area (Å²) in [6, 6.07) is 16.6. The number of amides is 2. The summed E-state index contributed by atoms with van der Waals surface area (Å²) in [6.07, 6.45) is -4.88. The SMILES string of the molecule is O=C(NCCc1ccccc1)c1cn([C@H]2[C@@H](O)[C@@H](CO)O[C@@H](S[C@@H]3O[C@H](CO)[C@H](O)[C@H](n4cc(C(=O)NCCc5ccccc5)nn4)[C@H]3O)[C@@H]2O)nn1. The van der Waals surface area contributed by atoms with Gasteiger partial charge in [0.25, 0.3) is 11.8 Å². The number of hydrogen-bond acceptors (Lipinski definition) is 15. The van der Waals surface area contributed by atoms with Crippen molar-refractivity contribution in [3.05, 3.63) is 95.6 Å². The number of nitrogens with zero attached hydrogens (tertiary/aromatic N) is 6. The van der Waals surface area contributed by atoms with Crippen LogP contribution in [0.3, 0.4) is 0 Å². The summed E-state index contributed by atoms with van der Waals surface area (Å²) < 4.78 is 13.9. The molecule has 2 saturated heterocycles. The number of rotatable bonds is 14. The van der Waals surface area contributed by atoms with Gasteiger partial charge in [-0.1, -0.05) is 82.9 Å². The van der Waals surface area contributed by atoms with Gasteiger partial charge in [-0.3, -0.25) is 9.59 Å². The lowest BCUT2D eigenvalue weighted by Crippen LogP contribution is -2.58. The number of aromatic nitrogens is 6. The number of aliphatic hydroxyl groups excluding tert-OH is 6. The second kappa shape index (κ2) is 17.7. The number of aliphatic hydroxyl groups is 6. The number of thioether (sulfide) groups is 1. The molecular weight excluding hydrogens is 712 g/mol. The van der Waals surface area contributed by atoms with E-state index in [1.54, 1.807) is 0 Å². The van der Waals surface area contributed by atoms with Crippen LogP contribution in [0.1, 0.15) is 44.2 Å². The van der Waals surface area contributed by atoms with Crippen molar-refractivity contribution in [2.75, 3.05) is 26.3 Å². The zero-order valence-electron chi connectivity index (χ0n) is 28.4. The van der Waals surface area contributed by atoms with Crippen LogP contribution < -0.4 is 10.6 Å². The average Bonchev–Trinajstić information content (AvgIpc) is 3.86. The molecule has 18 nitrogen and oxygen atoms in total. The molecule has 2 aromatic heterocycles. The molecule has 0 spiro atoms. The van der Waals surface area contributed by atoms with E-state index in [9.17, 15) is 40.2 Å². The van der Waals surface area contributed by atoms with Gasteiger partial charge in [0.15, 0.2) is 11.4 Å². The third-order valence-corrected chi connectivity index (χ3v) is 10.5. The summed E-state index contributed by atoms with van der Waals surface area (Å²) in [6.45, 7) is -0.662. The molecule has 0 saturated carbocycles. The number of carbonyl (C=O) groups is 2. The maximum atomic E-state index is 12.8. The molecule has 8 N–H and O–H groups in total. The Morgan fingerprint density at radius 2 is 1.04 bits per heavy atom. The van der Waals surface area contributed by atoms with E-state index in [0.717, 1.165) is 32.3 Å². The number of hydrogen-bond donors (Lipinski definition) is 8. The van der Waals surface area contributed by atoms with Crippen LogP contribution in [0.25, 0.3) is 0 Å². The second-order valence-electron chi connectivity index (χ2n) is 12.7. The topological polar surface area (TPSA) is 259 Å². The molecule has 0 radical (unpaired) electrons. The lowest BCUT2D eigenvalue weighted by atomic mass is 9.97. The molecule has 2 fully saturated rings. The normalized spacial score (nSPS) is 28.7. The van der Waals surface area contributed by atoms with Gasteiger partial charge in [0.05, 0.1) is 25.6 Å². The minimum absolute atomic E-state index is 0.0700. The van der Waals surface area contributed by atoms with E-state index in [1.807, 2.05) is 60.7 Å². The summed E-state index contributed by atoms with van der Waals surface area (Å²) in [5.74, 6) is -1.04. The molecule has 2 aliphatic rings. The van der Waals surface area contributed by atoms with Crippen molar-refractivity contribution in [2.45, 2.75) is 72.4 Å². The third kappa shape index (κ3) is 8.91. The lowest BCUT2D eigenvalue weighted by molar-refractivity contribution is -0.189. The Hall–Kier alpha value is -4.31. The van der Waals surface area contributed by atoms with E-state index in [2.05, 4.69) is 31.3 Å². The minimum atomic E-state index is -1.56. The molecule has 2 amide bonds. The highest BCUT2D eigenvalue weighted by Gasteiger charge is 2.51. The van der Waals surface area contributed by atoms with E-state index in [4.69, 9.17) is 9.47 Å². The maximum Gasteiger partial charge on any atom is 0.273 e. The van der Waals surface area contributed by atoms with Crippen molar-refractivity contribution < 1.29 is 49.7 Å². The Morgan fingerprint density at radius 1 is 0.642 bits per heavy atom. The Kier molecular flexibility index (Phi) is 12.8. The monoisotopic (exact) mass is 754 g/mol. The Balaban J connectivity index is 1.12.